The van der Waals surface area contributed by atoms with Gasteiger partial charge in [-0.05, 0) is 63.0 Å². The number of carbonyl (C=O) groups excluding carboxylic acids is 1. The molecule has 1 heterocycles. The number of hydrogen-bond acceptors (Lipinski definition) is 2. The molecule has 162 valence electrons. The summed E-state index contributed by atoms with van der Waals surface area (Å²) in [6.45, 7) is 0. The zero-order valence-corrected chi connectivity index (χ0v) is 19.4. The number of nitrogens with one attached hydrogen (secondary N) is 1. The van der Waals surface area contributed by atoms with Gasteiger partial charge in [0.05, 0.1) is 5.70 Å². The van der Waals surface area contributed by atoms with E-state index in [1.165, 1.54) is 5.39 Å². The number of carbonyl (C=O) groups is 1. The molecule has 7 rings (SSSR count). The van der Waals surface area contributed by atoms with E-state index < -0.39 is 0 Å². The number of halogens is 2. The molecule has 0 fully saturated rings. The number of rotatable bonds is 1. The lowest BCUT2D eigenvalue weighted by atomic mass is 9.78. The molecule has 0 saturated carbocycles. The molecular formula is C30H17Cl2NO. The van der Waals surface area contributed by atoms with Crippen molar-refractivity contribution in [2.45, 2.75) is 5.92 Å². The fourth-order valence-electron chi connectivity index (χ4n) is 5.50. The number of ketones is 1. The largest absolute Gasteiger partial charge is 0.354 e. The Bertz CT molecular complexity index is 1730. The van der Waals surface area contributed by atoms with Gasteiger partial charge in [-0.15, -0.1) is 0 Å². The SMILES string of the molecule is O=C1C2=C(Nc3ccc4cc5ccccc5cc4c3C2c2ccc(Cl)cc2Cl)c2ccccc21. The van der Waals surface area contributed by atoms with Crippen molar-refractivity contribution >= 4 is 61.9 Å². The van der Waals surface area contributed by atoms with Crippen LogP contribution in [-0.4, -0.2) is 5.78 Å². The van der Waals surface area contributed by atoms with Crippen LogP contribution in [0.4, 0.5) is 5.69 Å². The van der Waals surface area contributed by atoms with Gasteiger partial charge in [-0.25, -0.2) is 0 Å². The number of anilines is 1. The Labute approximate surface area is 206 Å². The first-order chi connectivity index (χ1) is 16.6. The second-order valence-corrected chi connectivity index (χ2v) is 9.68. The number of hydrogen-bond donors (Lipinski definition) is 1. The van der Waals surface area contributed by atoms with Crippen LogP contribution in [0, 0.1) is 0 Å². The number of fused-ring (bicyclic) bond motifs is 6. The smallest absolute Gasteiger partial charge is 0.192 e. The molecule has 1 atom stereocenters. The second-order valence-electron chi connectivity index (χ2n) is 8.83. The summed E-state index contributed by atoms with van der Waals surface area (Å²) in [5.74, 6) is -0.279. The van der Waals surface area contributed by atoms with Gasteiger partial charge in [0.15, 0.2) is 5.78 Å². The molecule has 0 radical (unpaired) electrons. The topological polar surface area (TPSA) is 29.1 Å². The highest BCUT2D eigenvalue weighted by atomic mass is 35.5. The van der Waals surface area contributed by atoms with Crippen molar-refractivity contribution in [2.75, 3.05) is 5.32 Å². The van der Waals surface area contributed by atoms with Crippen LogP contribution in [0.2, 0.25) is 10.0 Å². The van der Waals surface area contributed by atoms with Crippen molar-refractivity contribution < 1.29 is 4.79 Å². The average Bonchev–Trinajstić information content (AvgIpc) is 3.13. The van der Waals surface area contributed by atoms with E-state index in [0.29, 0.717) is 10.0 Å². The van der Waals surface area contributed by atoms with E-state index in [0.717, 1.165) is 55.4 Å². The van der Waals surface area contributed by atoms with E-state index in [9.17, 15) is 4.79 Å². The van der Waals surface area contributed by atoms with Gasteiger partial charge in [-0.3, -0.25) is 4.79 Å². The lowest BCUT2D eigenvalue weighted by Gasteiger charge is -2.31. The van der Waals surface area contributed by atoms with Crippen LogP contribution in [-0.2, 0) is 0 Å². The maximum Gasteiger partial charge on any atom is 0.192 e. The molecule has 0 bridgehead atoms. The summed E-state index contributed by atoms with van der Waals surface area (Å²) in [6, 6.07) is 30.4. The van der Waals surface area contributed by atoms with Gasteiger partial charge in [0.2, 0.25) is 0 Å². The first-order valence-electron chi connectivity index (χ1n) is 11.2. The Morgan fingerprint density at radius 3 is 2.24 bits per heavy atom. The van der Waals surface area contributed by atoms with E-state index in [-0.39, 0.29) is 11.7 Å². The second kappa shape index (κ2) is 7.20. The lowest BCUT2D eigenvalue weighted by molar-refractivity contribution is 0.103. The molecule has 0 aromatic heterocycles. The zero-order valence-electron chi connectivity index (χ0n) is 17.9. The van der Waals surface area contributed by atoms with Crippen LogP contribution in [0.5, 0.6) is 0 Å². The molecule has 1 aliphatic carbocycles. The summed E-state index contributed by atoms with van der Waals surface area (Å²) in [5.41, 5.74) is 6.18. The minimum absolute atomic E-state index is 0.0394. The Morgan fingerprint density at radius 2 is 1.44 bits per heavy atom. The fraction of sp³-hybridized carbons (Fsp3) is 0.0333. The van der Waals surface area contributed by atoms with E-state index >= 15 is 0 Å². The Balaban J connectivity index is 1.59. The average molecular weight is 478 g/mol. The summed E-state index contributed by atoms with van der Waals surface area (Å²) < 4.78 is 0. The Hall–Kier alpha value is -3.59. The van der Waals surface area contributed by atoms with Gasteiger partial charge in [0, 0.05) is 38.4 Å². The van der Waals surface area contributed by atoms with Gasteiger partial charge in [0.25, 0.3) is 0 Å². The summed E-state index contributed by atoms with van der Waals surface area (Å²) in [6.07, 6.45) is 0. The molecule has 1 unspecified atom stereocenters. The number of Topliss-reactive ketones (excluding diaryl/α,β-unsaturated/α-hetero) is 1. The standard InChI is InChI=1S/C30H17Cl2NO/c31-19-10-11-22(24(32)15-19)27-26-23-14-17-6-2-1-5-16(17)13-18(23)9-12-25(26)33-29-20-7-3-4-8-21(20)30(34)28(27)29/h1-15,27,33H. The van der Waals surface area contributed by atoms with Crippen molar-refractivity contribution in [1.29, 1.82) is 0 Å². The van der Waals surface area contributed by atoms with Gasteiger partial charge >= 0.3 is 0 Å². The molecule has 0 saturated heterocycles. The van der Waals surface area contributed by atoms with Crippen LogP contribution in [0.15, 0.2) is 96.6 Å². The zero-order chi connectivity index (χ0) is 23.0. The van der Waals surface area contributed by atoms with Crippen LogP contribution < -0.4 is 5.32 Å². The summed E-state index contributed by atoms with van der Waals surface area (Å²) in [4.78, 5) is 13.8. The van der Waals surface area contributed by atoms with Crippen LogP contribution in [0.25, 0.3) is 27.2 Å². The maximum atomic E-state index is 13.8. The third kappa shape index (κ3) is 2.73. The van der Waals surface area contributed by atoms with E-state index in [1.807, 2.05) is 42.5 Å². The van der Waals surface area contributed by atoms with Crippen molar-refractivity contribution in [2.24, 2.45) is 0 Å². The predicted molar refractivity (Wildman–Crippen MR) is 141 cm³/mol. The van der Waals surface area contributed by atoms with E-state index in [1.54, 1.807) is 6.07 Å². The van der Waals surface area contributed by atoms with Crippen molar-refractivity contribution in [3.8, 4) is 0 Å². The highest BCUT2D eigenvalue weighted by Crippen LogP contribution is 2.52. The summed E-state index contributed by atoms with van der Waals surface area (Å²) in [5, 5.41) is 9.31. The highest BCUT2D eigenvalue weighted by molar-refractivity contribution is 6.35. The van der Waals surface area contributed by atoms with Crippen LogP contribution in [0.1, 0.15) is 33.0 Å². The lowest BCUT2D eigenvalue weighted by Crippen LogP contribution is -2.19. The third-order valence-electron chi connectivity index (χ3n) is 6.99. The van der Waals surface area contributed by atoms with E-state index in [4.69, 9.17) is 23.2 Å². The fourth-order valence-corrected chi connectivity index (χ4v) is 6.01. The minimum Gasteiger partial charge on any atom is -0.354 e. The molecule has 0 spiro atoms. The molecule has 4 heteroatoms. The minimum atomic E-state index is -0.319. The summed E-state index contributed by atoms with van der Waals surface area (Å²) in [7, 11) is 0. The predicted octanol–water partition coefficient (Wildman–Crippen LogP) is 8.46. The number of allylic oxidation sites excluding steroid dienone is 1. The molecule has 2 aliphatic rings. The van der Waals surface area contributed by atoms with Crippen molar-refractivity contribution in [3.05, 3.63) is 129 Å². The first-order valence-corrected chi connectivity index (χ1v) is 11.9. The maximum absolute atomic E-state index is 13.8. The van der Waals surface area contributed by atoms with Gasteiger partial charge < -0.3 is 5.32 Å². The highest BCUT2D eigenvalue weighted by Gasteiger charge is 2.41. The summed E-state index contributed by atoms with van der Waals surface area (Å²) >= 11 is 13.0. The van der Waals surface area contributed by atoms with Crippen LogP contribution >= 0.6 is 23.2 Å². The van der Waals surface area contributed by atoms with Gasteiger partial charge in [0.1, 0.15) is 0 Å². The van der Waals surface area contributed by atoms with E-state index in [2.05, 4.69) is 47.8 Å². The van der Waals surface area contributed by atoms with Gasteiger partial charge in [-0.2, -0.15) is 0 Å². The molecule has 1 aliphatic heterocycles. The quantitative estimate of drug-likeness (QED) is 0.245. The number of benzene rings is 5. The normalized spacial score (nSPS) is 16.4. The molecular weight excluding hydrogens is 461 g/mol. The Kier molecular flexibility index (Phi) is 4.20. The molecule has 5 aromatic rings. The molecule has 0 amide bonds. The van der Waals surface area contributed by atoms with Gasteiger partial charge in [-0.1, -0.05) is 83.9 Å². The Morgan fingerprint density at radius 1 is 0.706 bits per heavy atom. The molecule has 34 heavy (non-hydrogen) atoms. The van der Waals surface area contributed by atoms with Crippen molar-refractivity contribution in [3.63, 3.8) is 0 Å². The third-order valence-corrected chi connectivity index (χ3v) is 7.56. The molecule has 1 N–H and O–H groups in total. The van der Waals surface area contributed by atoms with Crippen molar-refractivity contribution in [1.82, 2.24) is 0 Å². The first kappa shape index (κ1) is 19.8. The molecule has 2 nitrogen and oxygen atoms in total. The van der Waals surface area contributed by atoms with Crippen LogP contribution in [0.3, 0.4) is 0 Å². The molecule has 5 aromatic carbocycles. The monoisotopic (exact) mass is 477 g/mol.